The van der Waals surface area contributed by atoms with Gasteiger partial charge in [0.05, 0.1) is 5.92 Å². The maximum atomic E-state index is 10.6. The molecule has 0 aliphatic heterocycles. The molecule has 0 saturated heterocycles. The summed E-state index contributed by atoms with van der Waals surface area (Å²) in [6, 6.07) is 0. The molecule has 0 rings (SSSR count). The van der Waals surface area contributed by atoms with Crippen molar-refractivity contribution in [2.75, 3.05) is 0 Å². The molecule has 2 nitrogen and oxygen atoms in total. The summed E-state index contributed by atoms with van der Waals surface area (Å²) < 4.78 is 0. The second-order valence-corrected chi connectivity index (χ2v) is 4.78. The number of rotatable bonds is 7. The molecule has 2 atom stereocenters. The highest BCUT2D eigenvalue weighted by molar-refractivity contribution is 5.69. The van der Waals surface area contributed by atoms with Crippen molar-refractivity contribution in [3.05, 3.63) is 11.6 Å². The average Bonchev–Trinajstić information content (AvgIpc) is 2.13. The smallest absolute Gasteiger partial charge is 0.306 e. The normalized spacial score (nSPS) is 14.4. The first-order chi connectivity index (χ1) is 6.93. The lowest BCUT2D eigenvalue weighted by molar-refractivity contribution is -0.141. The van der Waals surface area contributed by atoms with E-state index in [1.165, 1.54) is 5.57 Å². The maximum Gasteiger partial charge on any atom is 0.306 e. The van der Waals surface area contributed by atoms with Crippen molar-refractivity contribution in [3.63, 3.8) is 0 Å². The van der Waals surface area contributed by atoms with Crippen LogP contribution in [0.3, 0.4) is 0 Å². The third kappa shape index (κ3) is 8.22. The quantitative estimate of drug-likeness (QED) is 0.650. The van der Waals surface area contributed by atoms with Crippen LogP contribution in [0, 0.1) is 11.8 Å². The zero-order valence-electron chi connectivity index (χ0n) is 10.4. The zero-order chi connectivity index (χ0) is 11.8. The molecule has 0 spiro atoms. The van der Waals surface area contributed by atoms with Crippen LogP contribution in [0.25, 0.3) is 0 Å². The second-order valence-electron chi connectivity index (χ2n) is 4.78. The minimum absolute atomic E-state index is 0.198. The van der Waals surface area contributed by atoms with Gasteiger partial charge < -0.3 is 5.11 Å². The van der Waals surface area contributed by atoms with Crippen molar-refractivity contribution in [2.24, 2.45) is 11.8 Å². The van der Waals surface area contributed by atoms with Crippen LogP contribution in [0.1, 0.15) is 53.4 Å². The summed E-state index contributed by atoms with van der Waals surface area (Å²) in [7, 11) is 0. The highest BCUT2D eigenvalue weighted by atomic mass is 16.4. The molecule has 2 heteroatoms. The Morgan fingerprint density at radius 2 is 1.80 bits per heavy atom. The standard InChI is InChI=1S/C13H24O2/c1-10(2)6-5-7-11(3)8-9-12(4)13(14)15/h6,11-12H,5,7-9H2,1-4H3,(H,14,15)/t11-,12-/m0/s1. The first-order valence-electron chi connectivity index (χ1n) is 5.79. The Hall–Kier alpha value is -0.790. The fourth-order valence-corrected chi connectivity index (χ4v) is 1.46. The van der Waals surface area contributed by atoms with Crippen LogP contribution in [0.2, 0.25) is 0 Å². The molecule has 0 saturated carbocycles. The lowest BCUT2D eigenvalue weighted by Crippen LogP contribution is -2.10. The van der Waals surface area contributed by atoms with Crippen molar-refractivity contribution in [1.29, 1.82) is 0 Å². The predicted molar refractivity (Wildman–Crippen MR) is 63.9 cm³/mol. The van der Waals surface area contributed by atoms with E-state index in [-0.39, 0.29) is 5.92 Å². The Morgan fingerprint density at radius 1 is 1.20 bits per heavy atom. The van der Waals surface area contributed by atoms with E-state index >= 15 is 0 Å². The number of hydrogen-bond donors (Lipinski definition) is 1. The molecule has 0 aromatic carbocycles. The summed E-state index contributed by atoms with van der Waals surface area (Å²) >= 11 is 0. The van der Waals surface area contributed by atoms with Gasteiger partial charge in [0.25, 0.3) is 0 Å². The molecule has 1 N–H and O–H groups in total. The summed E-state index contributed by atoms with van der Waals surface area (Å²) in [5.41, 5.74) is 1.36. The molecular formula is C13H24O2. The molecule has 0 amide bonds. The highest BCUT2D eigenvalue weighted by Gasteiger charge is 2.12. The van der Waals surface area contributed by atoms with Gasteiger partial charge in [0.1, 0.15) is 0 Å². The first-order valence-corrected chi connectivity index (χ1v) is 5.79. The van der Waals surface area contributed by atoms with Crippen LogP contribution in [0.15, 0.2) is 11.6 Å². The zero-order valence-corrected chi connectivity index (χ0v) is 10.4. The van der Waals surface area contributed by atoms with Crippen molar-refractivity contribution in [1.82, 2.24) is 0 Å². The Balaban J connectivity index is 3.62. The average molecular weight is 212 g/mol. The summed E-state index contributed by atoms with van der Waals surface area (Å²) in [6.45, 7) is 8.20. The van der Waals surface area contributed by atoms with Crippen LogP contribution >= 0.6 is 0 Å². The summed E-state index contributed by atoms with van der Waals surface area (Å²) in [4.78, 5) is 10.6. The molecule has 15 heavy (non-hydrogen) atoms. The van der Waals surface area contributed by atoms with Crippen LogP contribution in [-0.4, -0.2) is 11.1 Å². The Labute approximate surface area is 93.4 Å². The van der Waals surface area contributed by atoms with Gasteiger partial charge in [-0.2, -0.15) is 0 Å². The number of carboxylic acids is 1. The summed E-state index contributed by atoms with van der Waals surface area (Å²) in [6.07, 6.45) is 6.34. The number of allylic oxidation sites excluding steroid dienone is 2. The van der Waals surface area contributed by atoms with E-state index in [2.05, 4.69) is 26.8 Å². The van der Waals surface area contributed by atoms with Gasteiger partial charge >= 0.3 is 5.97 Å². The van der Waals surface area contributed by atoms with Crippen molar-refractivity contribution in [2.45, 2.75) is 53.4 Å². The third-order valence-electron chi connectivity index (χ3n) is 2.73. The van der Waals surface area contributed by atoms with Gasteiger partial charge in [-0.3, -0.25) is 4.79 Å². The van der Waals surface area contributed by atoms with E-state index in [4.69, 9.17) is 5.11 Å². The van der Waals surface area contributed by atoms with Crippen LogP contribution in [0.5, 0.6) is 0 Å². The van der Waals surface area contributed by atoms with Gasteiger partial charge in [-0.25, -0.2) is 0 Å². The minimum Gasteiger partial charge on any atom is -0.481 e. The van der Waals surface area contributed by atoms with Gasteiger partial charge in [0.2, 0.25) is 0 Å². The number of aliphatic carboxylic acids is 1. The largest absolute Gasteiger partial charge is 0.481 e. The second kappa shape index (κ2) is 7.49. The molecule has 0 aliphatic carbocycles. The maximum absolute atomic E-state index is 10.6. The molecule has 0 unspecified atom stereocenters. The summed E-state index contributed by atoms with van der Waals surface area (Å²) in [5, 5.41) is 8.73. The molecular weight excluding hydrogens is 188 g/mol. The topological polar surface area (TPSA) is 37.3 Å². The molecule has 0 radical (unpaired) electrons. The van der Waals surface area contributed by atoms with E-state index in [0.29, 0.717) is 5.92 Å². The highest BCUT2D eigenvalue weighted by Crippen LogP contribution is 2.17. The SMILES string of the molecule is CC(C)=CCC[C@H](C)CC[C@H](C)C(=O)O. The number of carboxylic acid groups (broad SMARTS) is 1. The molecule has 0 bridgehead atoms. The van der Waals surface area contributed by atoms with Crippen molar-refractivity contribution >= 4 is 5.97 Å². The summed E-state index contributed by atoms with van der Waals surface area (Å²) in [5.74, 6) is -0.246. The van der Waals surface area contributed by atoms with Gasteiger partial charge in [-0.1, -0.05) is 25.5 Å². The number of carbonyl (C=O) groups is 1. The van der Waals surface area contributed by atoms with Crippen molar-refractivity contribution < 1.29 is 9.90 Å². The van der Waals surface area contributed by atoms with E-state index < -0.39 is 5.97 Å². The minimum atomic E-state index is -0.675. The van der Waals surface area contributed by atoms with Gasteiger partial charge in [0.15, 0.2) is 0 Å². The van der Waals surface area contributed by atoms with E-state index in [1.54, 1.807) is 6.92 Å². The van der Waals surface area contributed by atoms with Crippen molar-refractivity contribution in [3.8, 4) is 0 Å². The Kier molecular flexibility index (Phi) is 7.10. The van der Waals surface area contributed by atoms with Crippen LogP contribution < -0.4 is 0 Å². The molecule has 0 aliphatic rings. The number of hydrogen-bond acceptors (Lipinski definition) is 1. The molecule has 0 heterocycles. The van der Waals surface area contributed by atoms with Crippen LogP contribution in [-0.2, 0) is 4.79 Å². The predicted octanol–water partition coefficient (Wildman–Crippen LogP) is 3.87. The third-order valence-corrected chi connectivity index (χ3v) is 2.73. The Bertz CT molecular complexity index is 215. The van der Waals surface area contributed by atoms with Gasteiger partial charge in [-0.15, -0.1) is 0 Å². The first kappa shape index (κ1) is 14.2. The van der Waals surface area contributed by atoms with Gasteiger partial charge in [0, 0.05) is 0 Å². The molecule has 0 aromatic heterocycles. The van der Waals surface area contributed by atoms with Crippen LogP contribution in [0.4, 0.5) is 0 Å². The van der Waals surface area contributed by atoms with Gasteiger partial charge in [-0.05, 0) is 45.4 Å². The lowest BCUT2D eigenvalue weighted by atomic mass is 9.94. The fourth-order valence-electron chi connectivity index (χ4n) is 1.46. The van der Waals surface area contributed by atoms with E-state index in [1.807, 2.05) is 0 Å². The van der Waals surface area contributed by atoms with E-state index in [0.717, 1.165) is 25.7 Å². The lowest BCUT2D eigenvalue weighted by Gasteiger charge is -2.11. The fraction of sp³-hybridized carbons (Fsp3) is 0.769. The molecule has 0 fully saturated rings. The monoisotopic (exact) mass is 212 g/mol. The molecule has 88 valence electrons. The van der Waals surface area contributed by atoms with E-state index in [9.17, 15) is 4.79 Å². The molecule has 0 aromatic rings. The Morgan fingerprint density at radius 3 is 2.27 bits per heavy atom.